The Morgan fingerprint density at radius 1 is 1.44 bits per heavy atom. The zero-order valence-electron chi connectivity index (χ0n) is 10.6. The van der Waals surface area contributed by atoms with E-state index in [-0.39, 0.29) is 11.8 Å². The van der Waals surface area contributed by atoms with E-state index in [2.05, 4.69) is 5.32 Å². The summed E-state index contributed by atoms with van der Waals surface area (Å²) in [6.45, 7) is 0.300. The van der Waals surface area contributed by atoms with Crippen LogP contribution in [0.2, 0.25) is 0 Å². The molecule has 4 heteroatoms. The second-order valence-electron chi connectivity index (χ2n) is 4.66. The lowest BCUT2D eigenvalue weighted by Crippen LogP contribution is -2.36. The predicted octanol–water partition coefficient (Wildman–Crippen LogP) is 2.36. The molecule has 1 aromatic rings. The Hall–Kier alpha value is -1.00. The number of hydrogen-bond acceptors (Lipinski definition) is 3. The number of carbonyl (C=O) groups is 1. The molecular weight excluding hydrogens is 246 g/mol. The van der Waals surface area contributed by atoms with Crippen LogP contribution in [-0.2, 0) is 4.79 Å². The molecule has 3 nitrogen and oxygen atoms in total. The van der Waals surface area contributed by atoms with Gasteiger partial charge in [0.15, 0.2) is 0 Å². The zero-order chi connectivity index (χ0) is 13.0. The van der Waals surface area contributed by atoms with Crippen molar-refractivity contribution in [1.82, 2.24) is 5.32 Å². The van der Waals surface area contributed by atoms with Crippen LogP contribution in [0.3, 0.4) is 0 Å². The van der Waals surface area contributed by atoms with Crippen molar-refractivity contribution in [1.29, 1.82) is 0 Å². The third kappa shape index (κ3) is 3.27. The fourth-order valence-corrected chi connectivity index (χ4v) is 2.36. The summed E-state index contributed by atoms with van der Waals surface area (Å²) in [6.07, 6.45) is 4.53. The Kier molecular flexibility index (Phi) is 4.66. The number of carbonyl (C=O) groups excluding carboxylic acids is 1. The average molecular weight is 265 g/mol. The number of thioether (sulfide) groups is 1. The third-order valence-electron chi connectivity index (χ3n) is 3.45. The van der Waals surface area contributed by atoms with Gasteiger partial charge in [0.1, 0.15) is 0 Å². The van der Waals surface area contributed by atoms with E-state index in [1.807, 2.05) is 30.5 Å². The lowest BCUT2D eigenvalue weighted by atomic mass is 9.85. The van der Waals surface area contributed by atoms with Crippen molar-refractivity contribution in [3.05, 3.63) is 29.8 Å². The second kappa shape index (κ2) is 6.25. The van der Waals surface area contributed by atoms with Crippen LogP contribution in [0.25, 0.3) is 0 Å². The van der Waals surface area contributed by atoms with E-state index in [9.17, 15) is 9.90 Å². The molecule has 0 spiro atoms. The number of benzene rings is 1. The van der Waals surface area contributed by atoms with Crippen LogP contribution in [0.1, 0.15) is 30.9 Å². The van der Waals surface area contributed by atoms with Crippen molar-refractivity contribution < 1.29 is 9.90 Å². The summed E-state index contributed by atoms with van der Waals surface area (Å²) in [5.41, 5.74) is 0.849. The van der Waals surface area contributed by atoms with Crippen LogP contribution >= 0.6 is 11.8 Å². The first kappa shape index (κ1) is 13.4. The maximum Gasteiger partial charge on any atom is 0.223 e. The number of rotatable bonds is 5. The maximum absolute atomic E-state index is 11.6. The smallest absolute Gasteiger partial charge is 0.223 e. The average Bonchev–Trinajstić information content (AvgIpc) is 2.34. The standard InChI is InChI=1S/C14H19NO2S/c1-18-12-7-5-10(6-8-12)13(16)9-15-14(17)11-3-2-4-11/h5-8,11,13,16H,2-4,9H2,1H3,(H,15,17)/t13-/m1/s1. The molecule has 0 unspecified atom stereocenters. The molecule has 98 valence electrons. The minimum atomic E-state index is -0.620. The number of hydrogen-bond donors (Lipinski definition) is 2. The molecule has 2 rings (SSSR count). The molecule has 1 saturated carbocycles. The van der Waals surface area contributed by atoms with Crippen LogP contribution in [0.5, 0.6) is 0 Å². The van der Waals surface area contributed by atoms with Gasteiger partial charge >= 0.3 is 0 Å². The van der Waals surface area contributed by atoms with Crippen molar-refractivity contribution in [2.75, 3.05) is 12.8 Å². The summed E-state index contributed by atoms with van der Waals surface area (Å²) in [4.78, 5) is 12.8. The summed E-state index contributed by atoms with van der Waals surface area (Å²) in [7, 11) is 0. The van der Waals surface area contributed by atoms with E-state index in [1.54, 1.807) is 11.8 Å². The number of amides is 1. The molecule has 0 aromatic heterocycles. The quantitative estimate of drug-likeness (QED) is 0.804. The molecule has 0 radical (unpaired) electrons. The summed E-state index contributed by atoms with van der Waals surface area (Å²) >= 11 is 1.67. The van der Waals surface area contributed by atoms with Crippen LogP contribution in [-0.4, -0.2) is 23.8 Å². The molecule has 0 saturated heterocycles. The van der Waals surface area contributed by atoms with Gasteiger partial charge in [-0.3, -0.25) is 4.79 Å². The molecule has 18 heavy (non-hydrogen) atoms. The maximum atomic E-state index is 11.6. The van der Waals surface area contributed by atoms with Crippen LogP contribution in [0.15, 0.2) is 29.2 Å². The monoisotopic (exact) mass is 265 g/mol. The molecule has 0 bridgehead atoms. The van der Waals surface area contributed by atoms with Gasteiger partial charge in [-0.2, -0.15) is 0 Å². The van der Waals surface area contributed by atoms with E-state index in [0.29, 0.717) is 6.54 Å². The van der Waals surface area contributed by atoms with Crippen LogP contribution in [0, 0.1) is 5.92 Å². The molecule has 1 aromatic carbocycles. The van der Waals surface area contributed by atoms with Gasteiger partial charge in [0.25, 0.3) is 0 Å². The van der Waals surface area contributed by atoms with Gasteiger partial charge in [0.05, 0.1) is 6.10 Å². The number of aliphatic hydroxyl groups is 1. The highest BCUT2D eigenvalue weighted by Gasteiger charge is 2.25. The van der Waals surface area contributed by atoms with Crippen LogP contribution in [0.4, 0.5) is 0 Å². The summed E-state index contributed by atoms with van der Waals surface area (Å²) in [5, 5.41) is 12.8. The Bertz CT molecular complexity index is 401. The lowest BCUT2D eigenvalue weighted by Gasteiger charge is -2.24. The Balaban J connectivity index is 1.82. The normalized spacial score (nSPS) is 17.0. The first-order valence-electron chi connectivity index (χ1n) is 6.30. The minimum absolute atomic E-state index is 0.0843. The first-order chi connectivity index (χ1) is 8.70. The molecule has 1 atom stereocenters. The van der Waals surface area contributed by atoms with Crippen LogP contribution < -0.4 is 5.32 Å². The topological polar surface area (TPSA) is 49.3 Å². The molecule has 0 heterocycles. The fourth-order valence-electron chi connectivity index (χ4n) is 1.96. The van der Waals surface area contributed by atoms with Gasteiger partial charge in [-0.1, -0.05) is 18.6 Å². The fraction of sp³-hybridized carbons (Fsp3) is 0.500. The first-order valence-corrected chi connectivity index (χ1v) is 7.53. The Morgan fingerprint density at radius 3 is 2.61 bits per heavy atom. The summed E-state index contributed by atoms with van der Waals surface area (Å²) in [5.74, 6) is 0.261. The molecule has 1 amide bonds. The Labute approximate surface area is 112 Å². The Morgan fingerprint density at radius 2 is 2.11 bits per heavy atom. The highest BCUT2D eigenvalue weighted by molar-refractivity contribution is 7.98. The van der Waals surface area contributed by atoms with E-state index in [0.717, 1.165) is 24.8 Å². The number of nitrogens with one attached hydrogen (secondary N) is 1. The van der Waals surface area contributed by atoms with Crippen molar-refractivity contribution in [2.45, 2.75) is 30.3 Å². The highest BCUT2D eigenvalue weighted by Crippen LogP contribution is 2.26. The molecular formula is C14H19NO2S. The second-order valence-corrected chi connectivity index (χ2v) is 5.54. The lowest BCUT2D eigenvalue weighted by molar-refractivity contribution is -0.127. The van der Waals surface area contributed by atoms with E-state index < -0.39 is 6.10 Å². The summed E-state index contributed by atoms with van der Waals surface area (Å²) in [6, 6.07) is 7.78. The van der Waals surface area contributed by atoms with Crippen molar-refractivity contribution in [3.8, 4) is 0 Å². The van der Waals surface area contributed by atoms with Crippen molar-refractivity contribution >= 4 is 17.7 Å². The molecule has 1 aliphatic carbocycles. The zero-order valence-corrected chi connectivity index (χ0v) is 11.4. The SMILES string of the molecule is CSc1ccc([C@H](O)CNC(=O)C2CCC2)cc1. The van der Waals surface area contributed by atoms with Gasteiger partial charge in [0.2, 0.25) is 5.91 Å². The van der Waals surface area contributed by atoms with E-state index >= 15 is 0 Å². The minimum Gasteiger partial charge on any atom is -0.387 e. The van der Waals surface area contributed by atoms with Crippen molar-refractivity contribution in [3.63, 3.8) is 0 Å². The largest absolute Gasteiger partial charge is 0.387 e. The third-order valence-corrected chi connectivity index (χ3v) is 4.19. The molecule has 1 fully saturated rings. The van der Waals surface area contributed by atoms with Gasteiger partial charge in [-0.25, -0.2) is 0 Å². The molecule has 1 aliphatic rings. The predicted molar refractivity (Wildman–Crippen MR) is 73.5 cm³/mol. The summed E-state index contributed by atoms with van der Waals surface area (Å²) < 4.78 is 0. The van der Waals surface area contributed by atoms with Crippen molar-refractivity contribution in [2.24, 2.45) is 5.92 Å². The van der Waals surface area contributed by atoms with Gasteiger partial charge in [-0.05, 0) is 36.8 Å². The molecule has 2 N–H and O–H groups in total. The highest BCUT2D eigenvalue weighted by atomic mass is 32.2. The number of aliphatic hydroxyl groups excluding tert-OH is 1. The van der Waals surface area contributed by atoms with E-state index in [4.69, 9.17) is 0 Å². The van der Waals surface area contributed by atoms with Gasteiger partial charge < -0.3 is 10.4 Å². The molecule has 0 aliphatic heterocycles. The van der Waals surface area contributed by atoms with Gasteiger partial charge in [-0.15, -0.1) is 11.8 Å². The van der Waals surface area contributed by atoms with Gasteiger partial charge in [0, 0.05) is 17.4 Å². The van der Waals surface area contributed by atoms with E-state index in [1.165, 1.54) is 4.90 Å².